The summed E-state index contributed by atoms with van der Waals surface area (Å²) < 4.78 is 29.2. The van der Waals surface area contributed by atoms with Gasteiger partial charge in [-0.05, 0) is 42.0 Å². The highest BCUT2D eigenvalue weighted by atomic mass is 19.1. The Kier molecular flexibility index (Phi) is 6.30. The number of halogens is 2. The Morgan fingerprint density at radius 3 is 2.14 bits per heavy atom. The monoisotopic (exact) mass is 401 g/mol. The van der Waals surface area contributed by atoms with Gasteiger partial charge in [0.1, 0.15) is 11.6 Å². The van der Waals surface area contributed by atoms with E-state index in [2.05, 4.69) is 5.32 Å². The van der Waals surface area contributed by atoms with Crippen molar-refractivity contribution in [3.05, 3.63) is 70.8 Å². The SMILES string of the molecule is CC(C)c1c(F)cc(C(NC(=O)C2CCCC2C(=O)O)c2ccccc2)cc1F. The molecule has 1 fully saturated rings. The molecule has 29 heavy (non-hydrogen) atoms. The molecule has 0 aliphatic heterocycles. The maximum Gasteiger partial charge on any atom is 0.307 e. The number of rotatable bonds is 6. The van der Waals surface area contributed by atoms with Gasteiger partial charge in [0, 0.05) is 5.56 Å². The molecule has 2 aromatic rings. The summed E-state index contributed by atoms with van der Waals surface area (Å²) in [5, 5.41) is 12.2. The number of benzene rings is 2. The highest BCUT2D eigenvalue weighted by Gasteiger charge is 2.38. The summed E-state index contributed by atoms with van der Waals surface area (Å²) in [6.07, 6.45) is 1.60. The molecule has 1 saturated carbocycles. The molecule has 2 aromatic carbocycles. The predicted molar refractivity (Wildman–Crippen MR) is 105 cm³/mol. The third kappa shape index (κ3) is 4.47. The molecule has 0 bridgehead atoms. The lowest BCUT2D eigenvalue weighted by Crippen LogP contribution is -2.38. The van der Waals surface area contributed by atoms with E-state index in [4.69, 9.17) is 0 Å². The lowest BCUT2D eigenvalue weighted by atomic mass is 9.91. The first-order valence-corrected chi connectivity index (χ1v) is 9.86. The Morgan fingerprint density at radius 2 is 1.59 bits per heavy atom. The number of carboxylic acid groups (broad SMARTS) is 1. The molecular formula is C23H25F2NO3. The Bertz CT molecular complexity index is 875. The van der Waals surface area contributed by atoms with Crippen LogP contribution in [0.5, 0.6) is 0 Å². The molecule has 1 aliphatic rings. The maximum atomic E-state index is 14.6. The molecule has 3 unspecified atom stereocenters. The van der Waals surface area contributed by atoms with Crippen molar-refractivity contribution in [1.29, 1.82) is 0 Å². The van der Waals surface area contributed by atoms with E-state index in [1.165, 1.54) is 12.1 Å². The van der Waals surface area contributed by atoms with Gasteiger partial charge in [-0.1, -0.05) is 50.6 Å². The van der Waals surface area contributed by atoms with Gasteiger partial charge in [-0.3, -0.25) is 9.59 Å². The lowest BCUT2D eigenvalue weighted by Gasteiger charge is -2.24. The van der Waals surface area contributed by atoms with E-state index in [-0.39, 0.29) is 17.0 Å². The maximum absolute atomic E-state index is 14.6. The number of carboxylic acids is 1. The number of carbonyl (C=O) groups is 2. The Balaban J connectivity index is 1.97. The van der Waals surface area contributed by atoms with E-state index in [9.17, 15) is 23.5 Å². The Hall–Kier alpha value is -2.76. The quantitative estimate of drug-likeness (QED) is 0.731. The molecule has 0 radical (unpaired) electrons. The normalized spacial score (nSPS) is 19.9. The summed E-state index contributed by atoms with van der Waals surface area (Å²) in [7, 11) is 0. The van der Waals surface area contributed by atoms with Gasteiger partial charge in [0.05, 0.1) is 17.9 Å². The number of carbonyl (C=O) groups excluding carboxylic acids is 1. The van der Waals surface area contributed by atoms with Gasteiger partial charge in [-0.2, -0.15) is 0 Å². The fourth-order valence-corrected chi connectivity index (χ4v) is 4.15. The van der Waals surface area contributed by atoms with Gasteiger partial charge in [0.2, 0.25) is 5.91 Å². The first kappa shape index (κ1) is 21.0. The van der Waals surface area contributed by atoms with Crippen LogP contribution in [0.2, 0.25) is 0 Å². The van der Waals surface area contributed by atoms with Crippen LogP contribution in [0.25, 0.3) is 0 Å². The van der Waals surface area contributed by atoms with Crippen LogP contribution >= 0.6 is 0 Å². The van der Waals surface area contributed by atoms with Gasteiger partial charge >= 0.3 is 5.97 Å². The molecule has 3 rings (SSSR count). The van der Waals surface area contributed by atoms with Crippen LogP contribution in [0.3, 0.4) is 0 Å². The van der Waals surface area contributed by atoms with Crippen molar-refractivity contribution in [3.8, 4) is 0 Å². The average Bonchev–Trinajstić information content (AvgIpc) is 3.16. The van der Waals surface area contributed by atoms with Gasteiger partial charge in [-0.15, -0.1) is 0 Å². The second kappa shape index (κ2) is 8.72. The van der Waals surface area contributed by atoms with Crippen molar-refractivity contribution in [1.82, 2.24) is 5.32 Å². The van der Waals surface area contributed by atoms with Gasteiger partial charge in [0.25, 0.3) is 0 Å². The fourth-order valence-electron chi connectivity index (χ4n) is 4.15. The zero-order valence-corrected chi connectivity index (χ0v) is 16.5. The van der Waals surface area contributed by atoms with E-state index in [0.717, 1.165) is 0 Å². The van der Waals surface area contributed by atoms with Gasteiger partial charge in [0.15, 0.2) is 0 Å². The summed E-state index contributed by atoms with van der Waals surface area (Å²) in [4.78, 5) is 24.4. The second-order valence-electron chi connectivity index (χ2n) is 7.89. The van der Waals surface area contributed by atoms with Crippen molar-refractivity contribution in [2.75, 3.05) is 0 Å². The molecule has 2 N–H and O–H groups in total. The zero-order chi connectivity index (χ0) is 21.1. The van der Waals surface area contributed by atoms with Crippen LogP contribution in [0.4, 0.5) is 8.78 Å². The van der Waals surface area contributed by atoms with Crippen molar-refractivity contribution in [3.63, 3.8) is 0 Å². The standard InChI is InChI=1S/C23H25F2NO3/c1-13(2)20-18(24)11-15(12-19(20)25)21(14-7-4-3-5-8-14)26-22(27)16-9-6-10-17(16)23(28)29/h3-5,7-8,11-13,16-17,21H,6,9-10H2,1-2H3,(H,26,27)(H,28,29). The molecule has 4 nitrogen and oxygen atoms in total. The van der Waals surface area contributed by atoms with Crippen LogP contribution in [-0.4, -0.2) is 17.0 Å². The predicted octanol–water partition coefficient (Wildman–Crippen LogP) is 4.79. The minimum atomic E-state index is -0.989. The number of aliphatic carboxylic acids is 1. The van der Waals surface area contributed by atoms with Crippen molar-refractivity contribution in [2.24, 2.45) is 11.8 Å². The van der Waals surface area contributed by atoms with Crippen LogP contribution < -0.4 is 5.32 Å². The summed E-state index contributed by atoms with van der Waals surface area (Å²) in [5.41, 5.74) is 0.962. The van der Waals surface area contributed by atoms with Crippen LogP contribution in [0.15, 0.2) is 42.5 Å². The molecule has 6 heteroatoms. The molecule has 3 atom stereocenters. The lowest BCUT2D eigenvalue weighted by molar-refractivity contribution is -0.146. The van der Waals surface area contributed by atoms with E-state index in [0.29, 0.717) is 24.8 Å². The van der Waals surface area contributed by atoms with Gasteiger partial charge in [-0.25, -0.2) is 8.78 Å². The first-order chi connectivity index (χ1) is 13.8. The fraction of sp³-hybridized carbons (Fsp3) is 0.391. The minimum absolute atomic E-state index is 0.00798. The van der Waals surface area contributed by atoms with Crippen molar-refractivity contribution in [2.45, 2.75) is 45.1 Å². The van der Waals surface area contributed by atoms with E-state index >= 15 is 0 Å². The minimum Gasteiger partial charge on any atom is -0.481 e. The topological polar surface area (TPSA) is 66.4 Å². The highest BCUT2D eigenvalue weighted by Crippen LogP contribution is 2.34. The molecule has 154 valence electrons. The third-order valence-corrected chi connectivity index (χ3v) is 5.60. The molecule has 0 spiro atoms. The third-order valence-electron chi connectivity index (χ3n) is 5.60. The molecule has 0 saturated heterocycles. The van der Waals surface area contributed by atoms with Crippen LogP contribution in [-0.2, 0) is 9.59 Å². The zero-order valence-electron chi connectivity index (χ0n) is 16.5. The number of hydrogen-bond acceptors (Lipinski definition) is 2. The van der Waals surface area contributed by atoms with Crippen LogP contribution in [0.1, 0.15) is 61.8 Å². The number of hydrogen-bond donors (Lipinski definition) is 2. The smallest absolute Gasteiger partial charge is 0.307 e. The molecular weight excluding hydrogens is 376 g/mol. The molecule has 1 amide bonds. The van der Waals surface area contributed by atoms with E-state index < -0.39 is 41.4 Å². The second-order valence-corrected chi connectivity index (χ2v) is 7.89. The van der Waals surface area contributed by atoms with E-state index in [1.807, 2.05) is 6.07 Å². The average molecular weight is 401 g/mol. The molecule has 0 aromatic heterocycles. The highest BCUT2D eigenvalue weighted by molar-refractivity contribution is 5.85. The summed E-state index contributed by atoms with van der Waals surface area (Å²) >= 11 is 0. The number of nitrogens with one attached hydrogen (secondary N) is 1. The molecule has 0 heterocycles. The largest absolute Gasteiger partial charge is 0.481 e. The van der Waals surface area contributed by atoms with Crippen molar-refractivity contribution < 1.29 is 23.5 Å². The number of amides is 1. The summed E-state index contributed by atoms with van der Waals surface area (Å²) in [5.74, 6) is -4.41. The molecule has 1 aliphatic carbocycles. The Labute approximate surface area is 168 Å². The van der Waals surface area contributed by atoms with Gasteiger partial charge < -0.3 is 10.4 Å². The Morgan fingerprint density at radius 1 is 1.00 bits per heavy atom. The summed E-state index contributed by atoms with van der Waals surface area (Å²) in [6, 6.07) is 10.6. The first-order valence-electron chi connectivity index (χ1n) is 9.86. The summed E-state index contributed by atoms with van der Waals surface area (Å²) in [6.45, 7) is 3.42. The van der Waals surface area contributed by atoms with Crippen molar-refractivity contribution >= 4 is 11.9 Å². The van der Waals surface area contributed by atoms with Crippen LogP contribution in [0, 0.1) is 23.5 Å². The van der Waals surface area contributed by atoms with E-state index in [1.54, 1.807) is 38.1 Å².